The fourth-order valence-corrected chi connectivity index (χ4v) is 8.14. The summed E-state index contributed by atoms with van der Waals surface area (Å²) in [6.07, 6.45) is 69.3. The largest absolute Gasteiger partial charge is 0.462 e. The number of ether oxygens (including phenoxy) is 3. The molecule has 0 rings (SSSR count). The van der Waals surface area contributed by atoms with Crippen LogP contribution in [0.4, 0.5) is 0 Å². The summed E-state index contributed by atoms with van der Waals surface area (Å²) >= 11 is 0. The summed E-state index contributed by atoms with van der Waals surface area (Å²) < 4.78 is 16.8. The molecule has 0 bridgehead atoms. The van der Waals surface area contributed by atoms with Gasteiger partial charge in [-0.15, -0.1) is 0 Å². The quantitative estimate of drug-likeness (QED) is 0.0262. The molecule has 67 heavy (non-hydrogen) atoms. The van der Waals surface area contributed by atoms with E-state index in [0.717, 1.165) is 77.0 Å². The zero-order chi connectivity index (χ0) is 48.6. The van der Waals surface area contributed by atoms with Crippen molar-refractivity contribution in [3.05, 3.63) is 60.8 Å². The highest BCUT2D eigenvalue weighted by Crippen LogP contribution is 2.16. The molecule has 0 aliphatic rings. The number of hydrogen-bond acceptors (Lipinski definition) is 6. The minimum absolute atomic E-state index is 0.0919. The lowest BCUT2D eigenvalue weighted by Gasteiger charge is -2.18. The third kappa shape index (κ3) is 53.9. The van der Waals surface area contributed by atoms with E-state index >= 15 is 0 Å². The highest BCUT2D eigenvalue weighted by atomic mass is 16.6. The van der Waals surface area contributed by atoms with Crippen LogP contribution < -0.4 is 0 Å². The number of unbranched alkanes of at least 4 members (excludes halogenated alkanes) is 31. The lowest BCUT2D eigenvalue weighted by molar-refractivity contribution is -0.167. The van der Waals surface area contributed by atoms with Crippen LogP contribution in [-0.2, 0) is 28.6 Å². The van der Waals surface area contributed by atoms with Crippen molar-refractivity contribution in [3.8, 4) is 0 Å². The minimum Gasteiger partial charge on any atom is -0.462 e. The van der Waals surface area contributed by atoms with Crippen molar-refractivity contribution in [3.63, 3.8) is 0 Å². The summed E-state index contributed by atoms with van der Waals surface area (Å²) in [7, 11) is 0. The molecule has 0 aromatic rings. The number of carbonyl (C=O) groups is 3. The number of allylic oxidation sites excluding steroid dienone is 10. The van der Waals surface area contributed by atoms with Gasteiger partial charge in [0.2, 0.25) is 0 Å². The van der Waals surface area contributed by atoms with Crippen LogP contribution in [0.2, 0.25) is 0 Å². The number of hydrogen-bond donors (Lipinski definition) is 0. The summed E-state index contributed by atoms with van der Waals surface area (Å²) in [5.41, 5.74) is 0. The Morgan fingerprint density at radius 3 is 0.940 bits per heavy atom. The van der Waals surface area contributed by atoms with Gasteiger partial charge >= 0.3 is 17.9 Å². The van der Waals surface area contributed by atoms with Crippen LogP contribution in [-0.4, -0.2) is 37.2 Å². The molecule has 0 saturated carbocycles. The molecule has 0 aliphatic heterocycles. The maximum atomic E-state index is 12.8. The van der Waals surface area contributed by atoms with Crippen molar-refractivity contribution in [1.82, 2.24) is 0 Å². The molecule has 0 heterocycles. The maximum absolute atomic E-state index is 12.8. The van der Waals surface area contributed by atoms with Crippen LogP contribution in [0.15, 0.2) is 60.8 Å². The topological polar surface area (TPSA) is 78.9 Å². The average Bonchev–Trinajstić information content (AvgIpc) is 3.33. The van der Waals surface area contributed by atoms with Crippen LogP contribution in [0.3, 0.4) is 0 Å². The summed E-state index contributed by atoms with van der Waals surface area (Å²) in [6.45, 7) is 6.58. The Bertz CT molecular complexity index is 1210. The molecule has 388 valence electrons. The van der Waals surface area contributed by atoms with E-state index in [1.54, 1.807) is 0 Å². The van der Waals surface area contributed by atoms with E-state index in [4.69, 9.17) is 14.2 Å². The second kappa shape index (κ2) is 55.7. The zero-order valence-electron chi connectivity index (χ0n) is 44.4. The minimum atomic E-state index is -0.799. The van der Waals surface area contributed by atoms with E-state index in [9.17, 15) is 14.4 Å². The Morgan fingerprint density at radius 2 is 0.552 bits per heavy atom. The van der Waals surface area contributed by atoms with Gasteiger partial charge in [-0.3, -0.25) is 14.4 Å². The van der Waals surface area contributed by atoms with E-state index in [1.165, 1.54) is 167 Å². The van der Waals surface area contributed by atoms with Gasteiger partial charge in [-0.05, 0) is 83.5 Å². The molecule has 1 atom stereocenters. The van der Waals surface area contributed by atoms with Crippen molar-refractivity contribution in [2.45, 2.75) is 297 Å². The number of rotatable bonds is 52. The highest BCUT2D eigenvalue weighted by Gasteiger charge is 2.19. The Labute approximate surface area is 415 Å². The molecule has 0 N–H and O–H groups in total. The van der Waals surface area contributed by atoms with Crippen molar-refractivity contribution >= 4 is 17.9 Å². The smallest absolute Gasteiger partial charge is 0.306 e. The van der Waals surface area contributed by atoms with Gasteiger partial charge in [0.05, 0.1) is 0 Å². The zero-order valence-corrected chi connectivity index (χ0v) is 44.4. The standard InChI is InChI=1S/C61H108O6/c1-4-7-10-13-16-19-22-25-28-30-33-35-38-41-44-47-50-53-59(62)65-56-58(67-61(64)55-52-49-46-43-40-37-32-27-24-21-18-15-12-9-6-3)57-66-60(63)54-51-48-45-42-39-36-34-31-29-26-23-20-17-14-11-8-5-2/h16,19,25,27-28,32-33,35,41,44,58H,4-15,17-18,20-24,26,29-31,34,36-40,42-43,45-57H2,1-3H3/b19-16-,28-25-,32-27-,35-33-,44-41-/t58-/m1/s1. The summed E-state index contributed by atoms with van der Waals surface area (Å²) in [5.74, 6) is -0.947. The molecule has 0 aliphatic carbocycles. The van der Waals surface area contributed by atoms with Gasteiger partial charge in [-0.1, -0.05) is 248 Å². The predicted molar refractivity (Wildman–Crippen MR) is 288 cm³/mol. The Morgan fingerprint density at radius 1 is 0.299 bits per heavy atom. The van der Waals surface area contributed by atoms with E-state index in [0.29, 0.717) is 19.3 Å². The fraction of sp³-hybridized carbons (Fsp3) is 0.787. The van der Waals surface area contributed by atoms with Gasteiger partial charge in [0, 0.05) is 19.3 Å². The van der Waals surface area contributed by atoms with E-state index in [1.807, 2.05) is 0 Å². The van der Waals surface area contributed by atoms with E-state index in [-0.39, 0.29) is 37.5 Å². The lowest BCUT2D eigenvalue weighted by atomic mass is 10.0. The van der Waals surface area contributed by atoms with Crippen molar-refractivity contribution < 1.29 is 28.6 Å². The molecule has 0 radical (unpaired) electrons. The third-order valence-corrected chi connectivity index (χ3v) is 12.5. The molecule has 0 unspecified atom stereocenters. The second-order valence-electron chi connectivity index (χ2n) is 19.2. The van der Waals surface area contributed by atoms with Crippen LogP contribution in [0.5, 0.6) is 0 Å². The summed E-state index contributed by atoms with van der Waals surface area (Å²) in [4.78, 5) is 38.1. The van der Waals surface area contributed by atoms with Gasteiger partial charge in [0.15, 0.2) is 6.10 Å². The lowest BCUT2D eigenvalue weighted by Crippen LogP contribution is -2.30. The first-order chi connectivity index (χ1) is 33.0. The molecule has 0 fully saturated rings. The van der Waals surface area contributed by atoms with Crippen molar-refractivity contribution in [2.24, 2.45) is 0 Å². The maximum Gasteiger partial charge on any atom is 0.306 e. The fourth-order valence-electron chi connectivity index (χ4n) is 8.14. The molecule has 0 saturated heterocycles. The van der Waals surface area contributed by atoms with Gasteiger partial charge in [-0.25, -0.2) is 0 Å². The summed E-state index contributed by atoms with van der Waals surface area (Å²) in [5, 5.41) is 0. The van der Waals surface area contributed by atoms with Crippen molar-refractivity contribution in [1.29, 1.82) is 0 Å². The van der Waals surface area contributed by atoms with Gasteiger partial charge < -0.3 is 14.2 Å². The van der Waals surface area contributed by atoms with Crippen LogP contribution in [0.25, 0.3) is 0 Å². The Kier molecular flexibility index (Phi) is 53.3. The molecule has 0 spiro atoms. The highest BCUT2D eigenvalue weighted by molar-refractivity contribution is 5.71. The predicted octanol–water partition coefficient (Wildman–Crippen LogP) is 19.2. The van der Waals surface area contributed by atoms with E-state index in [2.05, 4.69) is 81.5 Å². The first-order valence-corrected chi connectivity index (χ1v) is 28.8. The first-order valence-electron chi connectivity index (χ1n) is 28.8. The normalized spacial score (nSPS) is 12.5. The van der Waals surface area contributed by atoms with Crippen LogP contribution in [0, 0.1) is 0 Å². The summed E-state index contributed by atoms with van der Waals surface area (Å²) in [6, 6.07) is 0. The van der Waals surface area contributed by atoms with Crippen LogP contribution in [0.1, 0.15) is 290 Å². The van der Waals surface area contributed by atoms with Gasteiger partial charge in [-0.2, -0.15) is 0 Å². The number of esters is 3. The molecule has 0 aromatic carbocycles. The average molecular weight is 938 g/mol. The van der Waals surface area contributed by atoms with E-state index < -0.39 is 6.10 Å². The van der Waals surface area contributed by atoms with Gasteiger partial charge in [0.25, 0.3) is 0 Å². The second-order valence-corrected chi connectivity index (χ2v) is 19.2. The first kappa shape index (κ1) is 64.1. The SMILES string of the molecule is CCCCC/C=C\C/C=C\C/C=C\C/C=C\CCCC(=O)OC[C@H](COC(=O)CCCCCCCCCCCCCCCCCCC)OC(=O)CCCCCCC/C=C\CCCCCCCC. The molecular formula is C61H108O6. The number of carbonyl (C=O) groups excluding carboxylic acids is 3. The van der Waals surface area contributed by atoms with Gasteiger partial charge in [0.1, 0.15) is 13.2 Å². The molecule has 0 amide bonds. The van der Waals surface area contributed by atoms with Crippen molar-refractivity contribution in [2.75, 3.05) is 13.2 Å². The monoisotopic (exact) mass is 937 g/mol. The Hall–Kier alpha value is -2.89. The van der Waals surface area contributed by atoms with Crippen LogP contribution >= 0.6 is 0 Å². The third-order valence-electron chi connectivity index (χ3n) is 12.5. The molecule has 0 aromatic heterocycles. The Balaban J connectivity index is 4.44. The molecule has 6 nitrogen and oxygen atoms in total. The molecule has 6 heteroatoms. The molecular weight excluding hydrogens is 829 g/mol.